The van der Waals surface area contributed by atoms with Crippen LogP contribution < -0.4 is 10.6 Å². The van der Waals surface area contributed by atoms with Gasteiger partial charge < -0.3 is 15.1 Å². The van der Waals surface area contributed by atoms with Gasteiger partial charge in [-0.05, 0) is 48.4 Å². The molecular formula is C28H24N2O3. The molecule has 4 rings (SSSR count). The minimum absolute atomic E-state index is 0.179. The number of benzene rings is 3. The first-order valence-corrected chi connectivity index (χ1v) is 10.7. The second-order valence-electron chi connectivity index (χ2n) is 7.54. The summed E-state index contributed by atoms with van der Waals surface area (Å²) in [5, 5.41) is 5.91. The van der Waals surface area contributed by atoms with Gasteiger partial charge in [0.05, 0.1) is 29.1 Å². The zero-order chi connectivity index (χ0) is 23.0. The third-order valence-electron chi connectivity index (χ3n) is 5.23. The zero-order valence-electron chi connectivity index (χ0n) is 18.2. The first-order chi connectivity index (χ1) is 16.1. The van der Waals surface area contributed by atoms with Crippen molar-refractivity contribution in [1.82, 2.24) is 5.32 Å². The van der Waals surface area contributed by atoms with Crippen molar-refractivity contribution in [3.8, 4) is 0 Å². The molecule has 0 saturated heterocycles. The minimum atomic E-state index is -0.339. The standard InChI is InChI=1S/C28H24N2O3/c1-20(21-11-4-2-5-12-21)29-27(31)24-16-8-9-17-26(24)30-28(32)25(19-23-15-10-18-33-23)22-13-6-3-7-14-22/h2-20H,1H3,(H,29,31)(H,30,32)/b25-19+/t20-/m1/s1. The minimum Gasteiger partial charge on any atom is -0.465 e. The molecule has 1 heterocycles. The molecule has 0 spiro atoms. The molecule has 1 atom stereocenters. The lowest BCUT2D eigenvalue weighted by atomic mass is 10.0. The molecule has 33 heavy (non-hydrogen) atoms. The Morgan fingerprint density at radius 1 is 0.818 bits per heavy atom. The Bertz CT molecular complexity index is 1250. The molecule has 5 heteroatoms. The normalized spacial score (nSPS) is 12.1. The molecule has 0 radical (unpaired) electrons. The predicted octanol–water partition coefficient (Wildman–Crippen LogP) is 5.95. The van der Waals surface area contributed by atoms with Gasteiger partial charge in [-0.15, -0.1) is 0 Å². The molecule has 2 amide bonds. The number of anilines is 1. The van der Waals surface area contributed by atoms with Crippen molar-refractivity contribution >= 4 is 29.2 Å². The fourth-order valence-electron chi connectivity index (χ4n) is 3.49. The first-order valence-electron chi connectivity index (χ1n) is 10.7. The predicted molar refractivity (Wildman–Crippen MR) is 130 cm³/mol. The van der Waals surface area contributed by atoms with Crippen LogP contribution in [0.4, 0.5) is 5.69 Å². The van der Waals surface area contributed by atoms with Crippen LogP contribution in [-0.2, 0) is 4.79 Å². The summed E-state index contributed by atoms with van der Waals surface area (Å²) in [7, 11) is 0. The highest BCUT2D eigenvalue weighted by Gasteiger charge is 2.18. The van der Waals surface area contributed by atoms with Crippen LogP contribution >= 0.6 is 0 Å². The molecule has 0 unspecified atom stereocenters. The van der Waals surface area contributed by atoms with Gasteiger partial charge in [-0.2, -0.15) is 0 Å². The number of furan rings is 1. The Labute approximate surface area is 192 Å². The maximum atomic E-state index is 13.3. The van der Waals surface area contributed by atoms with Crippen molar-refractivity contribution in [2.75, 3.05) is 5.32 Å². The van der Waals surface area contributed by atoms with Gasteiger partial charge in [-0.1, -0.05) is 72.8 Å². The van der Waals surface area contributed by atoms with Gasteiger partial charge in [0.15, 0.2) is 0 Å². The summed E-state index contributed by atoms with van der Waals surface area (Å²) in [5.41, 5.74) is 2.99. The molecule has 4 aromatic rings. The Balaban J connectivity index is 1.58. The highest BCUT2D eigenvalue weighted by atomic mass is 16.3. The van der Waals surface area contributed by atoms with E-state index < -0.39 is 0 Å². The number of carbonyl (C=O) groups is 2. The number of amides is 2. The third kappa shape index (κ3) is 5.46. The van der Waals surface area contributed by atoms with Crippen molar-refractivity contribution in [1.29, 1.82) is 0 Å². The van der Waals surface area contributed by atoms with E-state index in [2.05, 4.69) is 10.6 Å². The van der Waals surface area contributed by atoms with Crippen LogP contribution in [0.15, 0.2) is 108 Å². The van der Waals surface area contributed by atoms with Crippen molar-refractivity contribution in [2.45, 2.75) is 13.0 Å². The first kappa shape index (κ1) is 21.8. The Kier molecular flexibility index (Phi) is 6.81. The second kappa shape index (κ2) is 10.3. The molecule has 5 nitrogen and oxygen atoms in total. The van der Waals surface area contributed by atoms with Gasteiger partial charge in [0, 0.05) is 0 Å². The summed E-state index contributed by atoms with van der Waals surface area (Å²) >= 11 is 0. The van der Waals surface area contributed by atoms with Crippen LogP contribution in [-0.4, -0.2) is 11.8 Å². The summed E-state index contributed by atoms with van der Waals surface area (Å²) in [5.74, 6) is -0.0424. The quantitative estimate of drug-likeness (QED) is 0.352. The highest BCUT2D eigenvalue weighted by Crippen LogP contribution is 2.23. The van der Waals surface area contributed by atoms with E-state index >= 15 is 0 Å². The van der Waals surface area contributed by atoms with Gasteiger partial charge in [0.1, 0.15) is 5.76 Å². The topological polar surface area (TPSA) is 71.3 Å². The van der Waals surface area contributed by atoms with E-state index in [9.17, 15) is 9.59 Å². The third-order valence-corrected chi connectivity index (χ3v) is 5.23. The molecule has 0 fully saturated rings. The Morgan fingerprint density at radius 3 is 2.18 bits per heavy atom. The van der Waals surface area contributed by atoms with Gasteiger partial charge in [-0.3, -0.25) is 9.59 Å². The van der Waals surface area contributed by atoms with E-state index in [4.69, 9.17) is 4.42 Å². The zero-order valence-corrected chi connectivity index (χ0v) is 18.2. The summed E-state index contributed by atoms with van der Waals surface area (Å²) in [6.07, 6.45) is 3.24. The van der Waals surface area contributed by atoms with Crippen LogP contribution in [0.3, 0.4) is 0 Å². The number of nitrogens with one attached hydrogen (secondary N) is 2. The molecule has 3 aromatic carbocycles. The molecular weight excluding hydrogens is 412 g/mol. The molecule has 164 valence electrons. The maximum absolute atomic E-state index is 13.3. The van der Waals surface area contributed by atoms with E-state index in [1.165, 1.54) is 0 Å². The van der Waals surface area contributed by atoms with Crippen LogP contribution in [0.1, 0.15) is 40.2 Å². The van der Waals surface area contributed by atoms with Crippen LogP contribution in [0.25, 0.3) is 11.6 Å². The lowest BCUT2D eigenvalue weighted by Gasteiger charge is -2.17. The smallest absolute Gasteiger partial charge is 0.256 e. The fraction of sp³-hybridized carbons (Fsp3) is 0.0714. The Morgan fingerprint density at radius 2 is 1.48 bits per heavy atom. The molecule has 0 aliphatic carbocycles. The SMILES string of the molecule is C[C@@H](NC(=O)c1ccccc1NC(=O)/C(=C/c1ccco1)c1ccccc1)c1ccccc1. The van der Waals surface area contributed by atoms with Crippen LogP contribution in [0.2, 0.25) is 0 Å². The number of rotatable bonds is 7. The monoisotopic (exact) mass is 436 g/mol. The molecule has 0 aliphatic rings. The number of hydrogen-bond donors (Lipinski definition) is 2. The lowest BCUT2D eigenvalue weighted by Crippen LogP contribution is -2.28. The maximum Gasteiger partial charge on any atom is 0.256 e. The van der Waals surface area contributed by atoms with Crippen LogP contribution in [0.5, 0.6) is 0 Å². The second-order valence-corrected chi connectivity index (χ2v) is 7.54. The largest absolute Gasteiger partial charge is 0.465 e. The number of carbonyl (C=O) groups excluding carboxylic acids is 2. The molecule has 0 aliphatic heterocycles. The van der Waals surface area contributed by atoms with Crippen molar-refractivity contribution in [2.24, 2.45) is 0 Å². The highest BCUT2D eigenvalue weighted by molar-refractivity contribution is 6.29. The summed E-state index contributed by atoms with van der Waals surface area (Å²) < 4.78 is 5.41. The van der Waals surface area contributed by atoms with E-state index in [0.29, 0.717) is 22.6 Å². The number of hydrogen-bond acceptors (Lipinski definition) is 3. The van der Waals surface area contributed by atoms with Gasteiger partial charge in [0.2, 0.25) is 0 Å². The molecule has 0 bridgehead atoms. The van der Waals surface area contributed by atoms with Crippen molar-refractivity contribution in [3.63, 3.8) is 0 Å². The molecule has 0 saturated carbocycles. The van der Waals surface area contributed by atoms with E-state index in [0.717, 1.165) is 11.1 Å². The van der Waals surface area contributed by atoms with Crippen molar-refractivity contribution < 1.29 is 14.0 Å². The van der Waals surface area contributed by atoms with E-state index in [-0.39, 0.29) is 17.9 Å². The van der Waals surface area contributed by atoms with Gasteiger partial charge >= 0.3 is 0 Å². The van der Waals surface area contributed by atoms with Crippen molar-refractivity contribution in [3.05, 3.63) is 126 Å². The average Bonchev–Trinajstić information content (AvgIpc) is 3.37. The summed E-state index contributed by atoms with van der Waals surface area (Å²) in [6, 6.07) is 29.4. The Hall–Kier alpha value is -4.38. The van der Waals surface area contributed by atoms with E-state index in [1.54, 1.807) is 48.7 Å². The average molecular weight is 437 g/mol. The fourth-order valence-corrected chi connectivity index (χ4v) is 3.49. The number of para-hydroxylation sites is 1. The molecule has 1 aromatic heterocycles. The van der Waals surface area contributed by atoms with Crippen LogP contribution in [0, 0.1) is 0 Å². The van der Waals surface area contributed by atoms with E-state index in [1.807, 2.05) is 67.6 Å². The lowest BCUT2D eigenvalue weighted by molar-refractivity contribution is -0.111. The van der Waals surface area contributed by atoms with Gasteiger partial charge in [0.25, 0.3) is 11.8 Å². The molecule has 2 N–H and O–H groups in total. The summed E-state index contributed by atoms with van der Waals surface area (Å²) in [6.45, 7) is 1.92. The van der Waals surface area contributed by atoms with Gasteiger partial charge in [-0.25, -0.2) is 0 Å². The summed E-state index contributed by atoms with van der Waals surface area (Å²) in [4.78, 5) is 26.3.